The number of carboxylic acid groups (broad SMARTS) is 1. The fourth-order valence-electron chi connectivity index (χ4n) is 1.52. The summed E-state index contributed by atoms with van der Waals surface area (Å²) in [5.74, 6) is -0.786. The molecule has 1 radical (unpaired) electrons. The molecule has 1 aromatic carbocycles. The molecule has 0 heterocycles. The molecule has 1 aromatic rings. The van der Waals surface area contributed by atoms with Crippen LogP contribution in [0.4, 0.5) is 0 Å². The van der Waals surface area contributed by atoms with E-state index in [0.29, 0.717) is 0 Å². The molecule has 0 unspecified atom stereocenters. The third-order valence-electron chi connectivity index (χ3n) is 2.70. The molecule has 0 aliphatic rings. The fourth-order valence-corrected chi connectivity index (χ4v) is 7.35. The van der Waals surface area contributed by atoms with E-state index in [4.69, 9.17) is 5.11 Å². The average Bonchev–Trinajstić information content (AvgIpc) is 2.32. The minimum absolute atomic E-state index is 0.112. The summed E-state index contributed by atoms with van der Waals surface area (Å²) in [5, 5.41) is 8.37. The van der Waals surface area contributed by atoms with Gasteiger partial charge in [-0.25, -0.2) is 0 Å². The van der Waals surface area contributed by atoms with E-state index in [2.05, 4.69) is 20.8 Å². The number of benzene rings is 1. The summed E-state index contributed by atoms with van der Waals surface area (Å²) in [5.41, 5.74) is 0.843. The van der Waals surface area contributed by atoms with Gasteiger partial charge < -0.3 is 5.11 Å². The first-order chi connectivity index (χ1) is 8.13. The molecule has 17 heavy (non-hydrogen) atoms. The van der Waals surface area contributed by atoms with E-state index < -0.39 is 28.7 Å². The van der Waals surface area contributed by atoms with Crippen LogP contribution in [0.1, 0.15) is 26.3 Å². The van der Waals surface area contributed by atoms with Crippen molar-refractivity contribution < 1.29 is 9.90 Å². The zero-order valence-corrected chi connectivity index (χ0v) is 15.0. The number of carbonyl (C=O) groups is 1. The molecule has 1 rings (SSSR count). The Kier molecular flexibility index (Phi) is 10.5. The molecule has 0 saturated carbocycles. The second kappa shape index (κ2) is 10.7. The van der Waals surface area contributed by atoms with Crippen LogP contribution in [0, 0.1) is 0 Å². The summed E-state index contributed by atoms with van der Waals surface area (Å²) in [6.07, 6.45) is 0.112. The van der Waals surface area contributed by atoms with Gasteiger partial charge in [0.1, 0.15) is 0 Å². The normalized spacial score (nSPS) is 9.65. The van der Waals surface area contributed by atoms with Crippen LogP contribution in [-0.2, 0) is 11.2 Å². The van der Waals surface area contributed by atoms with Crippen molar-refractivity contribution in [3.63, 3.8) is 0 Å². The minimum atomic E-state index is -0.789. The Morgan fingerprint density at radius 1 is 1.06 bits per heavy atom. The van der Waals surface area contributed by atoms with Gasteiger partial charge in [0.25, 0.3) is 0 Å². The minimum Gasteiger partial charge on any atom is -0.481 e. The van der Waals surface area contributed by atoms with Crippen LogP contribution in [0.2, 0.25) is 11.9 Å². The first kappa shape index (κ1) is 16.6. The molecule has 0 fully saturated rings. The molecule has 0 bridgehead atoms. The van der Waals surface area contributed by atoms with Crippen LogP contribution in [-0.4, -0.2) is 33.8 Å². The summed E-state index contributed by atoms with van der Waals surface area (Å²) >= 11 is -0.789. The molecular weight excluding hydrogens is 407 g/mol. The average molecular weight is 431 g/mol. The van der Waals surface area contributed by atoms with Crippen LogP contribution in [0.5, 0.6) is 0 Å². The molecule has 0 aliphatic carbocycles. The second-order valence-corrected chi connectivity index (χ2v) is 17.9. The quantitative estimate of drug-likeness (QED) is 0.721. The summed E-state index contributed by atoms with van der Waals surface area (Å²) < 4.78 is 4.70. The molecule has 3 heteroatoms. The van der Waals surface area contributed by atoms with Crippen molar-refractivity contribution in [3.8, 4) is 0 Å². The van der Waals surface area contributed by atoms with Crippen molar-refractivity contribution in [1.82, 2.24) is 0 Å². The summed E-state index contributed by atoms with van der Waals surface area (Å²) in [6, 6.07) is 9.13. The third kappa shape index (κ3) is 9.33. The number of rotatable bonds is 5. The zero-order valence-electron chi connectivity index (χ0n) is 11.1. The van der Waals surface area contributed by atoms with E-state index in [0.717, 1.165) is 5.56 Å². The van der Waals surface area contributed by atoms with Crippen molar-refractivity contribution in [3.05, 3.63) is 35.9 Å². The predicted molar refractivity (Wildman–Crippen MR) is 75.0 cm³/mol. The number of aliphatic carboxylic acids is 1. The maximum Gasteiger partial charge on any atom is 0.307 e. The molecule has 0 aromatic heterocycles. The van der Waals surface area contributed by atoms with Crippen molar-refractivity contribution in [2.45, 2.75) is 39.1 Å². The van der Waals surface area contributed by atoms with E-state index in [-0.39, 0.29) is 6.42 Å². The van der Waals surface area contributed by atoms with Gasteiger partial charge in [-0.2, -0.15) is 0 Å². The van der Waals surface area contributed by atoms with Gasteiger partial charge in [0.15, 0.2) is 0 Å². The SMILES string of the molecule is C[CH2][Pb]([CH2]C)[CH2]C.O=C(O)Cc1ccccc1. The van der Waals surface area contributed by atoms with Gasteiger partial charge in [0.05, 0.1) is 6.42 Å². The Labute approximate surface area is 113 Å². The van der Waals surface area contributed by atoms with E-state index in [1.165, 1.54) is 0 Å². The summed E-state index contributed by atoms with van der Waals surface area (Å²) in [4.78, 5) is 10.2. The topological polar surface area (TPSA) is 37.3 Å². The summed E-state index contributed by atoms with van der Waals surface area (Å²) in [7, 11) is 0. The molecule has 2 nitrogen and oxygen atoms in total. The molecule has 1 N–H and O–H groups in total. The standard InChI is InChI=1S/C8H8O2.3C2H5.Pb/c9-8(10)6-7-4-2-1-3-5-7;3*1-2;/h1-5H,6H2,(H,9,10);3*1H2,2H3;. The summed E-state index contributed by atoms with van der Waals surface area (Å²) in [6.45, 7) is 7.07. The van der Waals surface area contributed by atoms with Crippen molar-refractivity contribution in [2.24, 2.45) is 0 Å². The maximum atomic E-state index is 10.2. The van der Waals surface area contributed by atoms with Crippen LogP contribution in [0.25, 0.3) is 0 Å². The van der Waals surface area contributed by atoms with Gasteiger partial charge in [0.2, 0.25) is 0 Å². The van der Waals surface area contributed by atoms with Gasteiger partial charge in [-0.05, 0) is 5.56 Å². The Balaban J connectivity index is 0.000000325. The molecular formula is C14H23O2Pb. The van der Waals surface area contributed by atoms with Gasteiger partial charge in [0, 0.05) is 0 Å². The first-order valence-corrected chi connectivity index (χ1v) is 14.5. The molecule has 0 saturated heterocycles. The first-order valence-electron chi connectivity index (χ1n) is 6.23. The van der Waals surface area contributed by atoms with Crippen LogP contribution >= 0.6 is 0 Å². The smallest absolute Gasteiger partial charge is 0.307 e. The molecule has 95 valence electrons. The molecule has 0 spiro atoms. The van der Waals surface area contributed by atoms with Crippen molar-refractivity contribution >= 4 is 28.7 Å². The fraction of sp³-hybridized carbons (Fsp3) is 0.500. The molecule has 0 amide bonds. The number of hydrogen-bond donors (Lipinski definition) is 1. The Morgan fingerprint density at radius 2 is 1.53 bits per heavy atom. The number of carboxylic acids is 1. The van der Waals surface area contributed by atoms with E-state index in [1.54, 1.807) is 24.1 Å². The van der Waals surface area contributed by atoms with E-state index in [1.807, 2.05) is 18.2 Å². The zero-order chi connectivity index (χ0) is 13.1. The van der Waals surface area contributed by atoms with E-state index >= 15 is 0 Å². The van der Waals surface area contributed by atoms with E-state index in [9.17, 15) is 4.79 Å². The predicted octanol–water partition coefficient (Wildman–Crippen LogP) is 3.85. The van der Waals surface area contributed by atoms with Gasteiger partial charge in [-0.3, -0.25) is 4.79 Å². The van der Waals surface area contributed by atoms with Crippen molar-refractivity contribution in [1.29, 1.82) is 0 Å². The second-order valence-electron chi connectivity index (χ2n) is 3.87. The third-order valence-corrected chi connectivity index (χ3v) is 14.4. The molecule has 0 atom stereocenters. The van der Waals surface area contributed by atoms with Crippen LogP contribution in [0.15, 0.2) is 30.3 Å². The van der Waals surface area contributed by atoms with Gasteiger partial charge >= 0.3 is 61.4 Å². The van der Waals surface area contributed by atoms with Crippen LogP contribution in [0.3, 0.4) is 0 Å². The van der Waals surface area contributed by atoms with Crippen molar-refractivity contribution in [2.75, 3.05) is 0 Å². The monoisotopic (exact) mass is 431 g/mol. The number of hydrogen-bond acceptors (Lipinski definition) is 1. The van der Waals surface area contributed by atoms with Gasteiger partial charge in [-0.15, -0.1) is 0 Å². The maximum absolute atomic E-state index is 10.2. The largest absolute Gasteiger partial charge is 0.481 e. The Morgan fingerprint density at radius 3 is 1.82 bits per heavy atom. The van der Waals surface area contributed by atoms with Gasteiger partial charge in [-0.1, -0.05) is 30.3 Å². The Hall–Kier alpha value is -0.388. The molecule has 0 aliphatic heterocycles. The van der Waals surface area contributed by atoms with Crippen LogP contribution < -0.4 is 0 Å². The Bertz CT molecular complexity index is 289.